The number of nitrogens with zero attached hydrogens (tertiary/aromatic N) is 3. The second kappa shape index (κ2) is 10.0. The van der Waals surface area contributed by atoms with Crippen LogP contribution in [0.2, 0.25) is 0 Å². The van der Waals surface area contributed by atoms with Crippen LogP contribution in [0.15, 0.2) is 63.5 Å². The molecule has 1 amide bonds. The van der Waals surface area contributed by atoms with Gasteiger partial charge in [-0.3, -0.25) is 10.2 Å². The summed E-state index contributed by atoms with van der Waals surface area (Å²) in [6.45, 7) is 5.68. The van der Waals surface area contributed by atoms with E-state index in [0.29, 0.717) is 30.3 Å². The molecule has 0 bridgehead atoms. The summed E-state index contributed by atoms with van der Waals surface area (Å²) < 4.78 is 41.1. The SMILES string of the molecule is CCOc1cc(/C=C2/C(=N)N3C(=NC2=O)SN=C3S(=O)(=O)C(C)C)ccc1OCc1ccccc1. The number of carbonyl (C=O) groups excluding carboxylic acids is 1. The quantitative estimate of drug-likeness (QED) is 0.438. The first-order valence-corrected chi connectivity index (χ1v) is 13.2. The summed E-state index contributed by atoms with van der Waals surface area (Å²) in [6.07, 6.45) is 1.48. The molecule has 9 nitrogen and oxygen atoms in total. The van der Waals surface area contributed by atoms with E-state index in [4.69, 9.17) is 14.9 Å². The lowest BCUT2D eigenvalue weighted by Crippen LogP contribution is -2.46. The number of hydrogen-bond acceptors (Lipinski definition) is 8. The molecule has 0 fully saturated rings. The molecular weight excluding hydrogens is 488 g/mol. The van der Waals surface area contributed by atoms with Crippen molar-refractivity contribution in [3.63, 3.8) is 0 Å². The van der Waals surface area contributed by atoms with Crippen LogP contribution >= 0.6 is 11.9 Å². The lowest BCUT2D eigenvalue weighted by Gasteiger charge is -2.25. The number of ether oxygens (including phenoxy) is 2. The Morgan fingerprint density at radius 3 is 2.54 bits per heavy atom. The van der Waals surface area contributed by atoms with Crippen molar-refractivity contribution in [3.8, 4) is 11.5 Å². The van der Waals surface area contributed by atoms with Crippen molar-refractivity contribution in [1.82, 2.24) is 4.90 Å². The van der Waals surface area contributed by atoms with Crippen molar-refractivity contribution in [1.29, 1.82) is 5.41 Å². The number of carbonyl (C=O) groups is 1. The molecule has 182 valence electrons. The minimum Gasteiger partial charge on any atom is -0.490 e. The Hall–Kier alpha value is -3.44. The van der Waals surface area contributed by atoms with Crippen molar-refractivity contribution in [3.05, 3.63) is 65.2 Å². The first-order chi connectivity index (χ1) is 16.7. The van der Waals surface area contributed by atoms with Crippen LogP contribution in [-0.2, 0) is 21.2 Å². The van der Waals surface area contributed by atoms with Crippen molar-refractivity contribution in [2.75, 3.05) is 6.61 Å². The van der Waals surface area contributed by atoms with Gasteiger partial charge in [-0.25, -0.2) is 13.3 Å². The van der Waals surface area contributed by atoms with Crippen LogP contribution in [0.1, 0.15) is 31.9 Å². The molecule has 0 atom stereocenters. The standard InChI is InChI=1S/C24H24N4O5S2/c1-4-32-20-13-17(10-11-19(20)33-14-16-8-6-5-7-9-16)12-18-21(25)28-23(26-22(18)29)34-27-24(28)35(30,31)15(2)3/h5-13,15,25H,4,14H2,1-3H3/b18-12-,25-21?. The molecule has 2 heterocycles. The van der Waals surface area contributed by atoms with Gasteiger partial charge in [-0.15, -0.1) is 0 Å². The number of nitrogens with one attached hydrogen (secondary N) is 1. The van der Waals surface area contributed by atoms with Gasteiger partial charge in [0.15, 0.2) is 11.5 Å². The number of rotatable bonds is 7. The van der Waals surface area contributed by atoms with Crippen LogP contribution in [0.5, 0.6) is 11.5 Å². The molecule has 0 saturated heterocycles. The Bertz CT molecular complexity index is 1370. The average Bonchev–Trinajstić information content (AvgIpc) is 3.26. The highest BCUT2D eigenvalue weighted by Gasteiger charge is 2.43. The van der Waals surface area contributed by atoms with Gasteiger partial charge >= 0.3 is 0 Å². The second-order valence-corrected chi connectivity index (χ2v) is 11.0. The maximum absolute atomic E-state index is 12.7. The fourth-order valence-electron chi connectivity index (χ4n) is 3.30. The third-order valence-corrected chi connectivity index (χ3v) is 8.03. The van der Waals surface area contributed by atoms with E-state index in [1.54, 1.807) is 18.2 Å². The topological polar surface area (TPSA) is 121 Å². The van der Waals surface area contributed by atoms with E-state index >= 15 is 0 Å². The molecule has 35 heavy (non-hydrogen) atoms. The molecule has 4 rings (SSSR count). The van der Waals surface area contributed by atoms with Gasteiger partial charge in [-0.2, -0.15) is 9.39 Å². The van der Waals surface area contributed by atoms with Crippen molar-refractivity contribution < 1.29 is 22.7 Å². The summed E-state index contributed by atoms with van der Waals surface area (Å²) in [4.78, 5) is 17.7. The summed E-state index contributed by atoms with van der Waals surface area (Å²) >= 11 is 0.768. The minimum atomic E-state index is -3.78. The van der Waals surface area contributed by atoms with E-state index in [0.717, 1.165) is 22.4 Å². The summed E-state index contributed by atoms with van der Waals surface area (Å²) in [5.41, 5.74) is 1.53. The second-order valence-electron chi connectivity index (χ2n) is 7.91. The summed E-state index contributed by atoms with van der Waals surface area (Å²) in [5.74, 6) is 0.0829. The Kier molecular flexibility index (Phi) is 7.08. The minimum absolute atomic E-state index is 0.0519. The third kappa shape index (κ3) is 5.01. The van der Waals surface area contributed by atoms with Crippen LogP contribution in [0.4, 0.5) is 0 Å². The van der Waals surface area contributed by atoms with E-state index in [2.05, 4.69) is 9.39 Å². The predicted molar refractivity (Wildman–Crippen MR) is 137 cm³/mol. The fraction of sp³-hybridized carbons (Fsp3) is 0.250. The molecule has 2 aromatic rings. The number of benzene rings is 2. The first-order valence-electron chi connectivity index (χ1n) is 10.9. The number of hydrogen-bond donors (Lipinski definition) is 1. The lowest BCUT2D eigenvalue weighted by atomic mass is 10.1. The van der Waals surface area contributed by atoms with Gasteiger partial charge in [0.05, 0.1) is 29.4 Å². The monoisotopic (exact) mass is 512 g/mol. The maximum atomic E-state index is 12.7. The normalized spacial score (nSPS) is 16.9. The van der Waals surface area contributed by atoms with Crippen molar-refractivity contribution in [2.24, 2.45) is 9.39 Å². The van der Waals surface area contributed by atoms with Gasteiger partial charge in [-0.1, -0.05) is 36.4 Å². The molecule has 1 N–H and O–H groups in total. The molecule has 11 heteroatoms. The van der Waals surface area contributed by atoms with E-state index in [1.807, 2.05) is 37.3 Å². The zero-order valence-corrected chi connectivity index (χ0v) is 21.0. The molecule has 0 spiro atoms. The smallest absolute Gasteiger partial charge is 0.283 e. The zero-order valence-electron chi connectivity index (χ0n) is 19.4. The van der Waals surface area contributed by atoms with Crippen LogP contribution in [0.25, 0.3) is 6.08 Å². The van der Waals surface area contributed by atoms with Crippen molar-refractivity contribution in [2.45, 2.75) is 32.6 Å². The van der Waals surface area contributed by atoms with Crippen LogP contribution < -0.4 is 9.47 Å². The van der Waals surface area contributed by atoms with Gasteiger partial charge in [0.2, 0.25) is 20.2 Å². The Labute approximate surface area is 208 Å². The third-order valence-electron chi connectivity index (χ3n) is 5.19. The number of amides is 1. The van der Waals surface area contributed by atoms with E-state index in [9.17, 15) is 13.2 Å². The maximum Gasteiger partial charge on any atom is 0.283 e. The highest BCUT2D eigenvalue weighted by atomic mass is 32.2. The first kappa shape index (κ1) is 24.7. The molecule has 0 saturated carbocycles. The van der Waals surface area contributed by atoms with Gasteiger partial charge in [0.1, 0.15) is 12.4 Å². The molecule has 2 aliphatic rings. The summed E-state index contributed by atoms with van der Waals surface area (Å²) in [5, 5.41) is 7.60. The molecule has 0 aromatic heterocycles. The Morgan fingerprint density at radius 1 is 1.11 bits per heavy atom. The van der Waals surface area contributed by atoms with Crippen LogP contribution in [0, 0.1) is 5.41 Å². The molecule has 0 radical (unpaired) electrons. The van der Waals surface area contributed by atoms with Gasteiger partial charge < -0.3 is 9.47 Å². The van der Waals surface area contributed by atoms with Crippen molar-refractivity contribution >= 4 is 49.9 Å². The number of aliphatic imine (C=N–C) groups is 1. The Balaban J connectivity index is 1.63. The van der Waals surface area contributed by atoms with E-state index in [1.165, 1.54) is 19.9 Å². The van der Waals surface area contributed by atoms with Crippen LogP contribution in [0.3, 0.4) is 0 Å². The van der Waals surface area contributed by atoms with Crippen LogP contribution in [-0.4, -0.2) is 47.3 Å². The van der Waals surface area contributed by atoms with E-state index < -0.39 is 21.0 Å². The molecule has 2 aliphatic heterocycles. The highest BCUT2D eigenvalue weighted by molar-refractivity contribution is 8.16. The summed E-state index contributed by atoms with van der Waals surface area (Å²) in [6, 6.07) is 14.9. The lowest BCUT2D eigenvalue weighted by molar-refractivity contribution is -0.114. The predicted octanol–water partition coefficient (Wildman–Crippen LogP) is 4.06. The number of amidine groups is 3. The highest BCUT2D eigenvalue weighted by Crippen LogP contribution is 2.33. The van der Waals surface area contributed by atoms with Gasteiger partial charge in [-0.05, 0) is 50.1 Å². The largest absolute Gasteiger partial charge is 0.490 e. The number of fused-ring (bicyclic) bond motifs is 1. The molecule has 2 aromatic carbocycles. The molecule has 0 unspecified atom stereocenters. The van der Waals surface area contributed by atoms with E-state index in [-0.39, 0.29) is 21.7 Å². The number of sulfone groups is 1. The fourth-order valence-corrected chi connectivity index (χ4v) is 5.36. The van der Waals surface area contributed by atoms with Gasteiger partial charge in [0.25, 0.3) is 5.91 Å². The summed E-state index contributed by atoms with van der Waals surface area (Å²) in [7, 11) is -3.78. The zero-order chi connectivity index (χ0) is 25.2. The average molecular weight is 513 g/mol. The molecular formula is C24H24N4O5S2. The van der Waals surface area contributed by atoms with Gasteiger partial charge in [0, 0.05) is 0 Å². The Morgan fingerprint density at radius 2 is 1.86 bits per heavy atom. The molecule has 0 aliphatic carbocycles.